The van der Waals surface area contributed by atoms with E-state index in [1.54, 1.807) is 13.1 Å². The highest BCUT2D eigenvalue weighted by atomic mass is 16.5. The molecule has 0 amide bonds. The van der Waals surface area contributed by atoms with E-state index in [2.05, 4.69) is 25.4 Å². The molecule has 4 nitrogen and oxygen atoms in total. The van der Waals surface area contributed by atoms with Crippen molar-refractivity contribution in [1.82, 2.24) is 4.98 Å². The van der Waals surface area contributed by atoms with Crippen molar-refractivity contribution in [3.8, 4) is 0 Å². The zero-order valence-corrected chi connectivity index (χ0v) is 13.2. The number of esters is 1. The standard InChI is InChI=1S/C17H23NO3/c1-6-13-14(16(19)20-7-2)10-18-15(13)8-12-9-17(4,5)11(3)21-12/h8,10,18H,3,6-7,9H2,1-2,4-5H3/b12-8-. The number of carbonyl (C=O) groups excluding carboxylic acids is 1. The normalized spacial score (nSPS) is 18.9. The van der Waals surface area contributed by atoms with Gasteiger partial charge in [-0.05, 0) is 18.9 Å². The van der Waals surface area contributed by atoms with Crippen molar-refractivity contribution in [3.63, 3.8) is 0 Å². The van der Waals surface area contributed by atoms with Crippen LogP contribution in [0.25, 0.3) is 6.08 Å². The van der Waals surface area contributed by atoms with Crippen LogP contribution in [0.3, 0.4) is 0 Å². The van der Waals surface area contributed by atoms with Gasteiger partial charge in [0.05, 0.1) is 12.2 Å². The minimum absolute atomic E-state index is 0.0468. The molecule has 1 aromatic rings. The first kappa shape index (κ1) is 15.4. The van der Waals surface area contributed by atoms with Crippen LogP contribution in [0.5, 0.6) is 0 Å². The van der Waals surface area contributed by atoms with Crippen molar-refractivity contribution in [3.05, 3.63) is 41.1 Å². The quantitative estimate of drug-likeness (QED) is 0.851. The second-order valence-corrected chi connectivity index (χ2v) is 5.87. The molecule has 0 bridgehead atoms. The van der Waals surface area contributed by atoms with Crippen LogP contribution in [0, 0.1) is 5.41 Å². The van der Waals surface area contributed by atoms with Crippen molar-refractivity contribution in [2.24, 2.45) is 5.41 Å². The minimum atomic E-state index is -0.285. The Kier molecular flexibility index (Phi) is 4.26. The van der Waals surface area contributed by atoms with Gasteiger partial charge in [-0.2, -0.15) is 0 Å². The van der Waals surface area contributed by atoms with Crippen LogP contribution in [-0.2, 0) is 15.9 Å². The summed E-state index contributed by atoms with van der Waals surface area (Å²) in [4.78, 5) is 15.1. The van der Waals surface area contributed by atoms with Gasteiger partial charge in [-0.15, -0.1) is 0 Å². The minimum Gasteiger partial charge on any atom is -0.466 e. The molecule has 0 atom stereocenters. The molecule has 4 heteroatoms. The first-order valence-electron chi connectivity index (χ1n) is 7.34. The predicted molar refractivity (Wildman–Crippen MR) is 82.7 cm³/mol. The van der Waals surface area contributed by atoms with E-state index in [1.807, 2.05) is 13.0 Å². The molecule has 1 saturated heterocycles. The molecule has 0 unspecified atom stereocenters. The summed E-state index contributed by atoms with van der Waals surface area (Å²) in [6.45, 7) is 12.4. The summed E-state index contributed by atoms with van der Waals surface area (Å²) in [5.41, 5.74) is 2.41. The molecule has 1 fully saturated rings. The zero-order valence-electron chi connectivity index (χ0n) is 13.2. The van der Waals surface area contributed by atoms with E-state index in [0.717, 1.165) is 35.6 Å². The Morgan fingerprint density at radius 1 is 1.52 bits per heavy atom. The largest absolute Gasteiger partial charge is 0.466 e. The van der Waals surface area contributed by atoms with Crippen LogP contribution in [0.4, 0.5) is 0 Å². The molecule has 0 spiro atoms. The molecule has 0 aromatic carbocycles. The molecule has 0 aliphatic carbocycles. The molecule has 1 N–H and O–H groups in total. The smallest absolute Gasteiger partial charge is 0.339 e. The number of H-pyrrole nitrogens is 1. The van der Waals surface area contributed by atoms with Crippen LogP contribution < -0.4 is 0 Å². The highest BCUT2D eigenvalue weighted by molar-refractivity contribution is 5.92. The average molecular weight is 289 g/mol. The van der Waals surface area contributed by atoms with Gasteiger partial charge in [0.2, 0.25) is 0 Å². The third-order valence-corrected chi connectivity index (χ3v) is 3.80. The monoisotopic (exact) mass is 289 g/mol. The Balaban J connectivity index is 2.30. The van der Waals surface area contributed by atoms with Crippen molar-refractivity contribution in [2.75, 3.05) is 6.61 Å². The first-order valence-corrected chi connectivity index (χ1v) is 7.34. The van der Waals surface area contributed by atoms with Crippen molar-refractivity contribution >= 4 is 12.0 Å². The molecular weight excluding hydrogens is 266 g/mol. The number of ether oxygens (including phenoxy) is 2. The van der Waals surface area contributed by atoms with Gasteiger partial charge in [0.15, 0.2) is 0 Å². The fraction of sp³-hybridized carbons (Fsp3) is 0.471. The molecule has 0 saturated carbocycles. The molecule has 21 heavy (non-hydrogen) atoms. The lowest BCUT2D eigenvalue weighted by atomic mass is 9.89. The van der Waals surface area contributed by atoms with Crippen molar-refractivity contribution in [1.29, 1.82) is 0 Å². The number of carbonyl (C=O) groups is 1. The van der Waals surface area contributed by atoms with E-state index in [1.165, 1.54) is 0 Å². The number of rotatable bonds is 4. The van der Waals surface area contributed by atoms with Gasteiger partial charge in [-0.1, -0.05) is 27.4 Å². The molecule has 1 aromatic heterocycles. The van der Waals surface area contributed by atoms with Crippen LogP contribution in [0.15, 0.2) is 24.3 Å². The molecule has 0 radical (unpaired) electrons. The lowest BCUT2D eigenvalue weighted by Crippen LogP contribution is -2.06. The lowest BCUT2D eigenvalue weighted by molar-refractivity contribution is 0.0525. The fourth-order valence-corrected chi connectivity index (χ4v) is 2.48. The SMILES string of the molecule is C=C1O/C(=C\c2[nH]cc(C(=O)OCC)c2CC)CC1(C)C. The third-order valence-electron chi connectivity index (χ3n) is 3.80. The number of hydrogen-bond acceptors (Lipinski definition) is 3. The summed E-state index contributed by atoms with van der Waals surface area (Å²) in [6, 6.07) is 0. The van der Waals surface area contributed by atoms with E-state index in [4.69, 9.17) is 9.47 Å². The Morgan fingerprint density at radius 3 is 2.76 bits per heavy atom. The maximum atomic E-state index is 11.9. The molecule has 1 aliphatic heterocycles. The van der Waals surface area contributed by atoms with Crippen LogP contribution >= 0.6 is 0 Å². The van der Waals surface area contributed by atoms with Crippen molar-refractivity contribution in [2.45, 2.75) is 40.5 Å². The summed E-state index contributed by atoms with van der Waals surface area (Å²) < 4.78 is 10.8. The Morgan fingerprint density at radius 2 is 2.24 bits per heavy atom. The molecule has 1 aliphatic rings. The maximum absolute atomic E-state index is 11.9. The van der Waals surface area contributed by atoms with Gasteiger partial charge in [0, 0.05) is 29.8 Å². The maximum Gasteiger partial charge on any atom is 0.339 e. The number of hydrogen-bond donors (Lipinski definition) is 1. The highest BCUT2D eigenvalue weighted by Crippen LogP contribution is 2.42. The second kappa shape index (κ2) is 5.80. The summed E-state index contributed by atoms with van der Waals surface area (Å²) in [7, 11) is 0. The van der Waals surface area contributed by atoms with Crippen LogP contribution in [0.1, 0.15) is 55.7 Å². The Labute approximate surface area is 125 Å². The molecular formula is C17H23NO3. The number of aromatic nitrogens is 1. The van der Waals surface area contributed by atoms with Gasteiger partial charge in [0.1, 0.15) is 11.5 Å². The molecule has 114 valence electrons. The van der Waals surface area contributed by atoms with E-state index >= 15 is 0 Å². The zero-order chi connectivity index (χ0) is 15.6. The summed E-state index contributed by atoms with van der Waals surface area (Å²) in [6.07, 6.45) is 5.23. The number of allylic oxidation sites excluding steroid dienone is 2. The van der Waals surface area contributed by atoms with Gasteiger partial charge in [-0.25, -0.2) is 4.79 Å². The van der Waals surface area contributed by atoms with Gasteiger partial charge in [0.25, 0.3) is 0 Å². The van der Waals surface area contributed by atoms with E-state index < -0.39 is 0 Å². The highest BCUT2D eigenvalue weighted by Gasteiger charge is 2.33. The molecule has 2 heterocycles. The third kappa shape index (κ3) is 3.04. The Hall–Kier alpha value is -1.97. The first-order chi connectivity index (χ1) is 9.89. The topological polar surface area (TPSA) is 51.3 Å². The number of nitrogens with one attached hydrogen (secondary N) is 1. The van der Waals surface area contributed by atoms with E-state index in [9.17, 15) is 4.79 Å². The summed E-state index contributed by atoms with van der Waals surface area (Å²) in [5, 5.41) is 0. The predicted octanol–water partition coefficient (Wildman–Crippen LogP) is 4.05. The van der Waals surface area contributed by atoms with Gasteiger partial charge >= 0.3 is 5.97 Å². The second-order valence-electron chi connectivity index (χ2n) is 5.87. The summed E-state index contributed by atoms with van der Waals surface area (Å²) >= 11 is 0. The van der Waals surface area contributed by atoms with Gasteiger partial charge in [-0.3, -0.25) is 0 Å². The van der Waals surface area contributed by atoms with E-state index in [0.29, 0.717) is 12.2 Å². The van der Waals surface area contributed by atoms with Crippen molar-refractivity contribution < 1.29 is 14.3 Å². The van der Waals surface area contributed by atoms with Crippen LogP contribution in [0.2, 0.25) is 0 Å². The lowest BCUT2D eigenvalue weighted by Gasteiger charge is -2.12. The molecule has 2 rings (SSSR count). The van der Waals surface area contributed by atoms with Gasteiger partial charge < -0.3 is 14.5 Å². The number of aromatic amines is 1. The fourth-order valence-electron chi connectivity index (χ4n) is 2.48. The summed E-state index contributed by atoms with van der Waals surface area (Å²) in [5.74, 6) is 1.37. The Bertz CT molecular complexity index is 593. The van der Waals surface area contributed by atoms with E-state index in [-0.39, 0.29) is 11.4 Å². The average Bonchev–Trinajstić information content (AvgIpc) is 2.91. The van der Waals surface area contributed by atoms with Crippen LogP contribution in [-0.4, -0.2) is 17.6 Å².